The Labute approximate surface area is 116 Å². The molecule has 0 N–H and O–H groups in total. The Morgan fingerprint density at radius 1 is 1.05 bits per heavy atom. The molecule has 0 unspecified atom stereocenters. The van der Waals surface area contributed by atoms with E-state index in [-0.39, 0.29) is 5.56 Å². The summed E-state index contributed by atoms with van der Waals surface area (Å²) in [6.45, 7) is 1.84. The van der Waals surface area contributed by atoms with Crippen LogP contribution in [0.2, 0.25) is 0 Å². The van der Waals surface area contributed by atoms with Crippen LogP contribution in [0.4, 0.5) is 0 Å². The van der Waals surface area contributed by atoms with E-state index in [2.05, 4.69) is 17.6 Å². The van der Waals surface area contributed by atoms with Crippen molar-refractivity contribution in [3.63, 3.8) is 0 Å². The number of para-hydroxylation sites is 1. The van der Waals surface area contributed by atoms with Crippen LogP contribution in [-0.4, -0.2) is 9.55 Å². The lowest BCUT2D eigenvalue weighted by molar-refractivity contribution is 0.893. The predicted molar refractivity (Wildman–Crippen MR) is 79.3 cm³/mol. The minimum Gasteiger partial charge on any atom is -0.268 e. The summed E-state index contributed by atoms with van der Waals surface area (Å²) in [6.07, 6.45) is 0. The molecule has 0 spiro atoms. The molecule has 3 aromatic rings. The molecule has 0 aliphatic rings. The van der Waals surface area contributed by atoms with Gasteiger partial charge in [0.15, 0.2) is 0 Å². The van der Waals surface area contributed by atoms with Gasteiger partial charge in [0.05, 0.1) is 16.6 Å². The molecule has 3 rings (SSSR count). The minimum atomic E-state index is -0.0463. The van der Waals surface area contributed by atoms with E-state index in [1.807, 2.05) is 49.4 Å². The smallest absolute Gasteiger partial charge is 0.265 e. The SMILES string of the molecule is Cc1nc2ccccc2c(=O)n1-c1ccc(S)cc1. The first kappa shape index (κ1) is 12.0. The topological polar surface area (TPSA) is 34.9 Å². The number of benzene rings is 2. The van der Waals surface area contributed by atoms with Gasteiger partial charge in [0, 0.05) is 4.90 Å². The summed E-state index contributed by atoms with van der Waals surface area (Å²) in [6, 6.07) is 14.8. The molecule has 3 nitrogen and oxygen atoms in total. The van der Waals surface area contributed by atoms with E-state index >= 15 is 0 Å². The van der Waals surface area contributed by atoms with Gasteiger partial charge in [0.2, 0.25) is 0 Å². The zero-order valence-corrected chi connectivity index (χ0v) is 11.3. The van der Waals surface area contributed by atoms with Crippen LogP contribution in [0.15, 0.2) is 58.2 Å². The van der Waals surface area contributed by atoms with Gasteiger partial charge >= 0.3 is 0 Å². The lowest BCUT2D eigenvalue weighted by Crippen LogP contribution is -2.22. The molecule has 1 heterocycles. The molecule has 94 valence electrons. The largest absolute Gasteiger partial charge is 0.268 e. The number of aromatic nitrogens is 2. The molecule has 4 heteroatoms. The molecule has 19 heavy (non-hydrogen) atoms. The molecule has 0 aliphatic carbocycles. The second kappa shape index (κ2) is 4.55. The average molecular weight is 268 g/mol. The second-order valence-corrected chi connectivity index (χ2v) is 4.85. The van der Waals surface area contributed by atoms with E-state index < -0.39 is 0 Å². The van der Waals surface area contributed by atoms with Gasteiger partial charge < -0.3 is 0 Å². The molecule has 0 fully saturated rings. The van der Waals surface area contributed by atoms with Crippen LogP contribution in [0.3, 0.4) is 0 Å². The molecular weight excluding hydrogens is 256 g/mol. The molecule has 0 amide bonds. The van der Waals surface area contributed by atoms with Crippen LogP contribution in [-0.2, 0) is 0 Å². The van der Waals surface area contributed by atoms with Crippen LogP contribution < -0.4 is 5.56 Å². The summed E-state index contributed by atoms with van der Waals surface area (Å²) in [4.78, 5) is 17.9. The number of hydrogen-bond donors (Lipinski definition) is 1. The number of aryl methyl sites for hydroxylation is 1. The molecule has 0 saturated carbocycles. The van der Waals surface area contributed by atoms with E-state index in [1.54, 1.807) is 10.6 Å². The highest BCUT2D eigenvalue weighted by Crippen LogP contribution is 2.14. The van der Waals surface area contributed by atoms with E-state index in [1.165, 1.54) is 0 Å². The van der Waals surface area contributed by atoms with Gasteiger partial charge in [-0.2, -0.15) is 0 Å². The summed E-state index contributed by atoms with van der Waals surface area (Å²) in [7, 11) is 0. The molecule has 0 atom stereocenters. The molecule has 1 aromatic heterocycles. The van der Waals surface area contributed by atoms with Gasteiger partial charge in [-0.25, -0.2) is 4.98 Å². The Morgan fingerprint density at radius 3 is 2.47 bits per heavy atom. The summed E-state index contributed by atoms with van der Waals surface area (Å²) >= 11 is 4.25. The summed E-state index contributed by atoms with van der Waals surface area (Å²) in [5, 5.41) is 0.628. The van der Waals surface area contributed by atoms with Crippen molar-refractivity contribution in [3.05, 3.63) is 64.7 Å². The quantitative estimate of drug-likeness (QED) is 0.689. The number of fused-ring (bicyclic) bond motifs is 1. The van der Waals surface area contributed by atoms with Crippen molar-refractivity contribution < 1.29 is 0 Å². The van der Waals surface area contributed by atoms with Crippen LogP contribution in [0.25, 0.3) is 16.6 Å². The van der Waals surface area contributed by atoms with Crippen LogP contribution in [0.1, 0.15) is 5.82 Å². The summed E-state index contributed by atoms with van der Waals surface area (Å²) in [5.41, 5.74) is 1.49. The van der Waals surface area contributed by atoms with Gasteiger partial charge in [-0.3, -0.25) is 9.36 Å². The second-order valence-electron chi connectivity index (χ2n) is 4.33. The van der Waals surface area contributed by atoms with Crippen molar-refractivity contribution in [2.45, 2.75) is 11.8 Å². The maximum Gasteiger partial charge on any atom is 0.265 e. The van der Waals surface area contributed by atoms with E-state index in [4.69, 9.17) is 0 Å². The monoisotopic (exact) mass is 268 g/mol. The number of rotatable bonds is 1. The van der Waals surface area contributed by atoms with E-state index in [9.17, 15) is 4.79 Å². The normalized spacial score (nSPS) is 10.8. The van der Waals surface area contributed by atoms with Gasteiger partial charge in [-0.1, -0.05) is 12.1 Å². The van der Waals surface area contributed by atoms with Crippen molar-refractivity contribution in [3.8, 4) is 5.69 Å². The first-order chi connectivity index (χ1) is 9.16. The fourth-order valence-corrected chi connectivity index (χ4v) is 2.30. The number of thiol groups is 1. The summed E-state index contributed by atoms with van der Waals surface area (Å²) < 4.78 is 1.62. The molecule has 2 aromatic carbocycles. The lowest BCUT2D eigenvalue weighted by Gasteiger charge is -2.10. The van der Waals surface area contributed by atoms with Crippen molar-refractivity contribution in [1.29, 1.82) is 0 Å². The van der Waals surface area contributed by atoms with Crippen molar-refractivity contribution in [2.75, 3.05) is 0 Å². The predicted octanol–water partition coefficient (Wildman–Crippen LogP) is 2.98. The highest BCUT2D eigenvalue weighted by Gasteiger charge is 2.08. The molecule has 0 radical (unpaired) electrons. The Morgan fingerprint density at radius 2 is 1.74 bits per heavy atom. The lowest BCUT2D eigenvalue weighted by atomic mass is 10.2. The first-order valence-electron chi connectivity index (χ1n) is 5.94. The fourth-order valence-electron chi connectivity index (χ4n) is 2.15. The van der Waals surface area contributed by atoms with Crippen LogP contribution >= 0.6 is 12.6 Å². The van der Waals surface area contributed by atoms with Gasteiger partial charge in [-0.05, 0) is 43.3 Å². The molecule has 0 aliphatic heterocycles. The molecular formula is C15H12N2OS. The summed E-state index contributed by atoms with van der Waals surface area (Å²) in [5.74, 6) is 0.676. The zero-order valence-electron chi connectivity index (χ0n) is 10.4. The Hall–Kier alpha value is -2.07. The third-order valence-electron chi connectivity index (χ3n) is 3.05. The number of nitrogens with zero attached hydrogens (tertiary/aromatic N) is 2. The van der Waals surface area contributed by atoms with Gasteiger partial charge in [0.25, 0.3) is 5.56 Å². The van der Waals surface area contributed by atoms with Crippen molar-refractivity contribution >= 4 is 23.5 Å². The zero-order chi connectivity index (χ0) is 13.4. The average Bonchev–Trinajstić information content (AvgIpc) is 2.41. The van der Waals surface area contributed by atoms with Crippen molar-refractivity contribution in [1.82, 2.24) is 9.55 Å². The highest BCUT2D eigenvalue weighted by molar-refractivity contribution is 7.80. The van der Waals surface area contributed by atoms with E-state index in [0.717, 1.165) is 16.1 Å². The Balaban J connectivity index is 2.35. The van der Waals surface area contributed by atoms with Crippen LogP contribution in [0.5, 0.6) is 0 Å². The maximum atomic E-state index is 12.5. The Bertz CT molecular complexity index is 806. The van der Waals surface area contributed by atoms with Crippen molar-refractivity contribution in [2.24, 2.45) is 0 Å². The van der Waals surface area contributed by atoms with Gasteiger partial charge in [-0.15, -0.1) is 12.6 Å². The highest BCUT2D eigenvalue weighted by atomic mass is 32.1. The number of hydrogen-bond acceptors (Lipinski definition) is 3. The fraction of sp³-hybridized carbons (Fsp3) is 0.0667. The standard InChI is InChI=1S/C15H12N2OS/c1-10-16-14-5-3-2-4-13(14)15(18)17(10)11-6-8-12(19)9-7-11/h2-9,19H,1H3. The third kappa shape index (κ3) is 2.04. The third-order valence-corrected chi connectivity index (χ3v) is 3.35. The molecule has 0 saturated heterocycles. The first-order valence-corrected chi connectivity index (χ1v) is 6.39. The maximum absolute atomic E-state index is 12.5. The Kier molecular flexibility index (Phi) is 2.87. The molecule has 0 bridgehead atoms. The van der Waals surface area contributed by atoms with E-state index in [0.29, 0.717) is 11.2 Å². The van der Waals surface area contributed by atoms with Crippen LogP contribution in [0, 0.1) is 6.92 Å². The van der Waals surface area contributed by atoms with Gasteiger partial charge in [0.1, 0.15) is 5.82 Å². The minimum absolute atomic E-state index is 0.0463.